The molecule has 0 aliphatic carbocycles. The summed E-state index contributed by atoms with van der Waals surface area (Å²) in [5.41, 5.74) is 2.29. The molecule has 1 aromatic heterocycles. The predicted octanol–water partition coefficient (Wildman–Crippen LogP) is 4.62. The van der Waals surface area contributed by atoms with Gasteiger partial charge in [-0.2, -0.15) is 0 Å². The molecule has 0 spiro atoms. The van der Waals surface area contributed by atoms with E-state index in [1.54, 1.807) is 43.5 Å². The van der Waals surface area contributed by atoms with Gasteiger partial charge in [0.25, 0.3) is 0 Å². The predicted molar refractivity (Wildman–Crippen MR) is 111 cm³/mol. The Morgan fingerprint density at radius 1 is 1.13 bits per heavy atom. The fourth-order valence-electron chi connectivity index (χ4n) is 3.16. The van der Waals surface area contributed by atoms with Crippen LogP contribution in [0.3, 0.4) is 0 Å². The van der Waals surface area contributed by atoms with Crippen LogP contribution in [-0.2, 0) is 0 Å². The average molecular weight is 401 g/mol. The minimum absolute atomic E-state index is 0.207. The second kappa shape index (κ2) is 8.21. The number of esters is 1. The van der Waals surface area contributed by atoms with Gasteiger partial charge in [-0.25, -0.2) is 4.79 Å². The molecule has 2 aromatic carbocycles. The van der Waals surface area contributed by atoms with Crippen LogP contribution in [0.25, 0.3) is 6.08 Å². The molecule has 4 rings (SSSR count). The molecule has 30 heavy (non-hydrogen) atoms. The second-order valence-electron chi connectivity index (χ2n) is 6.69. The van der Waals surface area contributed by atoms with Crippen molar-refractivity contribution in [2.75, 3.05) is 6.61 Å². The van der Waals surface area contributed by atoms with Gasteiger partial charge in [-0.05, 0) is 61.4 Å². The molecular formula is C24H19NO5. The molecule has 0 saturated carbocycles. The van der Waals surface area contributed by atoms with E-state index in [2.05, 4.69) is 4.98 Å². The van der Waals surface area contributed by atoms with E-state index in [0.717, 1.165) is 11.3 Å². The number of hydrogen-bond acceptors (Lipinski definition) is 6. The maximum absolute atomic E-state index is 12.8. The summed E-state index contributed by atoms with van der Waals surface area (Å²) in [5.74, 6) is 0.908. The van der Waals surface area contributed by atoms with Crippen molar-refractivity contribution in [2.24, 2.45) is 0 Å². The molecule has 0 radical (unpaired) electrons. The normalized spacial score (nSPS) is 13.7. The molecule has 1 aliphatic rings. The molecule has 0 N–H and O–H groups in total. The second-order valence-corrected chi connectivity index (χ2v) is 6.69. The number of pyridine rings is 1. The van der Waals surface area contributed by atoms with Crippen molar-refractivity contribution in [1.29, 1.82) is 0 Å². The van der Waals surface area contributed by atoms with Crippen LogP contribution in [0.15, 0.2) is 66.7 Å². The third-order valence-corrected chi connectivity index (χ3v) is 4.54. The Morgan fingerprint density at radius 2 is 1.93 bits per heavy atom. The maximum atomic E-state index is 12.8. The van der Waals surface area contributed by atoms with Gasteiger partial charge in [-0.1, -0.05) is 12.1 Å². The lowest BCUT2D eigenvalue weighted by Gasteiger charge is -2.07. The van der Waals surface area contributed by atoms with Gasteiger partial charge in [0.15, 0.2) is 5.76 Å². The SMILES string of the molecule is CCOc1ccc(/C=C2\Oc3cc(OC(=O)c4cccnc4)cc(C)c3C2=O)cc1. The van der Waals surface area contributed by atoms with Crippen LogP contribution in [0, 0.1) is 6.92 Å². The molecule has 1 aliphatic heterocycles. The monoisotopic (exact) mass is 401 g/mol. The quantitative estimate of drug-likeness (QED) is 0.353. The summed E-state index contributed by atoms with van der Waals surface area (Å²) < 4.78 is 16.6. The van der Waals surface area contributed by atoms with Crippen molar-refractivity contribution >= 4 is 17.8 Å². The van der Waals surface area contributed by atoms with E-state index in [1.807, 2.05) is 31.2 Å². The highest BCUT2D eigenvalue weighted by atomic mass is 16.5. The molecule has 150 valence electrons. The first-order valence-electron chi connectivity index (χ1n) is 9.49. The number of carbonyl (C=O) groups is 2. The Hall–Kier alpha value is -3.93. The summed E-state index contributed by atoms with van der Waals surface area (Å²) in [6.45, 7) is 4.29. The number of benzene rings is 2. The Kier molecular flexibility index (Phi) is 5.30. The summed E-state index contributed by atoms with van der Waals surface area (Å²) in [7, 11) is 0. The van der Waals surface area contributed by atoms with Gasteiger partial charge in [0.1, 0.15) is 17.2 Å². The highest BCUT2D eigenvalue weighted by molar-refractivity contribution is 6.15. The van der Waals surface area contributed by atoms with Crippen LogP contribution in [0.5, 0.6) is 17.2 Å². The minimum Gasteiger partial charge on any atom is -0.494 e. The molecule has 2 heterocycles. The molecular weight excluding hydrogens is 382 g/mol. The van der Waals surface area contributed by atoms with E-state index in [0.29, 0.717) is 34.8 Å². The topological polar surface area (TPSA) is 74.7 Å². The van der Waals surface area contributed by atoms with Gasteiger partial charge < -0.3 is 14.2 Å². The number of ether oxygens (including phenoxy) is 3. The first-order valence-corrected chi connectivity index (χ1v) is 9.49. The molecule has 0 bridgehead atoms. The zero-order valence-electron chi connectivity index (χ0n) is 16.5. The Balaban J connectivity index is 1.57. The number of allylic oxidation sites excluding steroid dienone is 1. The van der Waals surface area contributed by atoms with Crippen LogP contribution < -0.4 is 14.2 Å². The summed E-state index contributed by atoms with van der Waals surface area (Å²) in [5, 5.41) is 0. The third-order valence-electron chi connectivity index (χ3n) is 4.54. The number of Topliss-reactive ketones (excluding diaryl/α,β-unsaturated/α-hetero) is 1. The van der Waals surface area contributed by atoms with Gasteiger partial charge in [0.05, 0.1) is 17.7 Å². The molecule has 6 nitrogen and oxygen atoms in total. The average Bonchev–Trinajstić information content (AvgIpc) is 3.06. The van der Waals surface area contributed by atoms with Crippen LogP contribution in [0.4, 0.5) is 0 Å². The van der Waals surface area contributed by atoms with E-state index >= 15 is 0 Å². The lowest BCUT2D eigenvalue weighted by molar-refractivity contribution is 0.0734. The number of ketones is 1. The number of aromatic nitrogens is 1. The summed E-state index contributed by atoms with van der Waals surface area (Å²) in [6.07, 6.45) is 4.69. The standard InChI is InChI=1S/C24H19NO5/c1-3-28-18-8-6-16(7-9-18)12-21-23(26)22-15(2)11-19(13-20(22)30-21)29-24(27)17-5-4-10-25-14-17/h4-14H,3H2,1-2H3/b21-12-. The van der Waals surface area contributed by atoms with Crippen LogP contribution >= 0.6 is 0 Å². The van der Waals surface area contributed by atoms with E-state index < -0.39 is 5.97 Å². The van der Waals surface area contributed by atoms with Crippen molar-refractivity contribution in [2.45, 2.75) is 13.8 Å². The van der Waals surface area contributed by atoms with E-state index in [4.69, 9.17) is 14.2 Å². The summed E-state index contributed by atoms with van der Waals surface area (Å²) >= 11 is 0. The van der Waals surface area contributed by atoms with Crippen molar-refractivity contribution in [3.63, 3.8) is 0 Å². The molecule has 0 saturated heterocycles. The van der Waals surface area contributed by atoms with E-state index in [-0.39, 0.29) is 11.5 Å². The first kappa shape index (κ1) is 19.4. The smallest absolute Gasteiger partial charge is 0.345 e. The van der Waals surface area contributed by atoms with Gasteiger partial charge in [-0.15, -0.1) is 0 Å². The first-order chi connectivity index (χ1) is 14.5. The Labute approximate surface area is 173 Å². The van der Waals surface area contributed by atoms with Crippen molar-refractivity contribution in [3.8, 4) is 17.2 Å². The molecule has 0 fully saturated rings. The highest BCUT2D eigenvalue weighted by Gasteiger charge is 2.30. The van der Waals surface area contributed by atoms with Crippen molar-refractivity contribution in [3.05, 3.63) is 88.9 Å². The largest absolute Gasteiger partial charge is 0.494 e. The minimum atomic E-state index is -0.531. The molecule has 0 atom stereocenters. The third kappa shape index (κ3) is 3.93. The van der Waals surface area contributed by atoms with Gasteiger partial charge in [0.2, 0.25) is 5.78 Å². The summed E-state index contributed by atoms with van der Waals surface area (Å²) in [6, 6.07) is 13.9. The number of carbonyl (C=O) groups excluding carboxylic acids is 2. The number of hydrogen-bond donors (Lipinski definition) is 0. The van der Waals surface area contributed by atoms with E-state index in [1.165, 1.54) is 6.20 Å². The van der Waals surface area contributed by atoms with Crippen molar-refractivity contribution < 1.29 is 23.8 Å². The number of nitrogens with zero attached hydrogens (tertiary/aromatic N) is 1. The van der Waals surface area contributed by atoms with Crippen LogP contribution in [0.2, 0.25) is 0 Å². The molecule has 3 aromatic rings. The van der Waals surface area contributed by atoms with Crippen LogP contribution in [-0.4, -0.2) is 23.3 Å². The highest BCUT2D eigenvalue weighted by Crippen LogP contribution is 2.37. The fourth-order valence-corrected chi connectivity index (χ4v) is 3.16. The Morgan fingerprint density at radius 3 is 2.63 bits per heavy atom. The zero-order chi connectivity index (χ0) is 21.1. The number of rotatable bonds is 5. The Bertz CT molecular complexity index is 1130. The number of aryl methyl sites for hydroxylation is 1. The molecule has 0 unspecified atom stereocenters. The fraction of sp³-hybridized carbons (Fsp3) is 0.125. The van der Waals surface area contributed by atoms with Gasteiger partial charge in [-0.3, -0.25) is 9.78 Å². The lowest BCUT2D eigenvalue weighted by Crippen LogP contribution is -2.09. The van der Waals surface area contributed by atoms with E-state index in [9.17, 15) is 9.59 Å². The van der Waals surface area contributed by atoms with Gasteiger partial charge >= 0.3 is 5.97 Å². The zero-order valence-corrected chi connectivity index (χ0v) is 16.5. The maximum Gasteiger partial charge on any atom is 0.345 e. The van der Waals surface area contributed by atoms with Crippen LogP contribution in [0.1, 0.15) is 38.8 Å². The van der Waals surface area contributed by atoms with Gasteiger partial charge in [0, 0.05) is 18.5 Å². The number of fused-ring (bicyclic) bond motifs is 1. The summed E-state index contributed by atoms with van der Waals surface area (Å²) in [4.78, 5) is 29.0. The molecule has 0 amide bonds. The lowest BCUT2D eigenvalue weighted by atomic mass is 10.0. The van der Waals surface area contributed by atoms with Crippen molar-refractivity contribution in [1.82, 2.24) is 4.98 Å². The molecule has 6 heteroatoms.